The molecule has 4 aliphatic carbocycles. The van der Waals surface area contributed by atoms with Gasteiger partial charge in [0.2, 0.25) is 0 Å². The Labute approximate surface area is 113 Å². The molecule has 2 unspecified atom stereocenters. The number of hydrogen-bond donors (Lipinski definition) is 1. The van der Waals surface area contributed by atoms with Crippen LogP contribution in [0.2, 0.25) is 0 Å². The Morgan fingerprint density at radius 1 is 1.00 bits per heavy atom. The van der Waals surface area contributed by atoms with E-state index in [2.05, 4.69) is 39.9 Å². The van der Waals surface area contributed by atoms with Crippen molar-refractivity contribution in [3.63, 3.8) is 0 Å². The molecule has 1 nitrogen and oxygen atoms in total. The van der Waals surface area contributed by atoms with Crippen molar-refractivity contribution in [1.29, 1.82) is 0 Å². The molecule has 0 spiro atoms. The molecular formula is C17H31N. The van der Waals surface area contributed by atoms with Gasteiger partial charge in [0.15, 0.2) is 0 Å². The zero-order chi connectivity index (χ0) is 13.1. The first kappa shape index (κ1) is 13.0. The molecule has 0 saturated heterocycles. The highest BCUT2D eigenvalue weighted by molar-refractivity contribution is 5.10. The minimum absolute atomic E-state index is 0.505. The van der Waals surface area contributed by atoms with Gasteiger partial charge in [0.25, 0.3) is 0 Å². The van der Waals surface area contributed by atoms with Crippen molar-refractivity contribution in [2.45, 2.75) is 78.8 Å². The molecule has 104 valence electrons. The maximum absolute atomic E-state index is 3.89. The molecule has 1 heteroatoms. The lowest BCUT2D eigenvalue weighted by Gasteiger charge is -2.64. The normalized spacial score (nSPS) is 47.0. The van der Waals surface area contributed by atoms with Crippen LogP contribution in [0.25, 0.3) is 0 Å². The molecule has 4 saturated carbocycles. The molecule has 0 radical (unpaired) electrons. The highest BCUT2D eigenvalue weighted by Gasteiger charge is 2.58. The summed E-state index contributed by atoms with van der Waals surface area (Å²) in [5.74, 6) is 2.99. The van der Waals surface area contributed by atoms with Crippen molar-refractivity contribution in [2.75, 3.05) is 0 Å². The first-order chi connectivity index (χ1) is 8.31. The van der Waals surface area contributed by atoms with Gasteiger partial charge in [0.1, 0.15) is 0 Å². The molecule has 4 fully saturated rings. The summed E-state index contributed by atoms with van der Waals surface area (Å²) in [7, 11) is 0. The van der Waals surface area contributed by atoms with Gasteiger partial charge in [0.05, 0.1) is 0 Å². The van der Waals surface area contributed by atoms with E-state index in [1.165, 1.54) is 32.1 Å². The second kappa shape index (κ2) is 3.98. The quantitative estimate of drug-likeness (QED) is 0.772. The first-order valence-electron chi connectivity index (χ1n) is 8.07. The Balaban J connectivity index is 1.84. The van der Waals surface area contributed by atoms with Crippen LogP contribution in [0.4, 0.5) is 0 Å². The van der Waals surface area contributed by atoms with Gasteiger partial charge < -0.3 is 5.32 Å². The third-order valence-corrected chi connectivity index (χ3v) is 6.39. The van der Waals surface area contributed by atoms with Crippen LogP contribution >= 0.6 is 0 Å². The number of hydrogen-bond acceptors (Lipinski definition) is 1. The maximum Gasteiger partial charge on any atom is 0.0127 e. The zero-order valence-corrected chi connectivity index (χ0v) is 12.9. The smallest absolute Gasteiger partial charge is 0.0127 e. The summed E-state index contributed by atoms with van der Waals surface area (Å²) in [6.07, 6.45) is 7.54. The number of rotatable bonds is 2. The molecule has 1 N–H and O–H groups in total. The lowest BCUT2D eigenvalue weighted by molar-refractivity contribution is -0.130. The van der Waals surface area contributed by atoms with Crippen molar-refractivity contribution < 1.29 is 0 Å². The molecule has 4 rings (SSSR count). The Morgan fingerprint density at radius 3 is 2.00 bits per heavy atom. The average Bonchev–Trinajstić information content (AvgIpc) is 2.20. The van der Waals surface area contributed by atoms with E-state index in [4.69, 9.17) is 0 Å². The fourth-order valence-electron chi connectivity index (χ4n) is 5.60. The fourth-order valence-corrected chi connectivity index (χ4v) is 5.60. The lowest BCUT2D eigenvalue weighted by atomic mass is 9.42. The van der Waals surface area contributed by atoms with E-state index in [1.807, 2.05) is 0 Å². The van der Waals surface area contributed by atoms with Gasteiger partial charge in [-0.15, -0.1) is 0 Å². The summed E-state index contributed by atoms with van der Waals surface area (Å²) in [6.45, 7) is 12.1. The van der Waals surface area contributed by atoms with E-state index in [0.717, 1.165) is 23.8 Å². The predicted octanol–water partition coefficient (Wildman–Crippen LogP) is 4.23. The zero-order valence-electron chi connectivity index (χ0n) is 12.9. The molecule has 4 bridgehead atoms. The van der Waals surface area contributed by atoms with E-state index in [9.17, 15) is 0 Å². The Kier molecular flexibility index (Phi) is 2.86. The lowest BCUT2D eigenvalue weighted by Crippen LogP contribution is -2.61. The topological polar surface area (TPSA) is 12.0 Å². The molecule has 0 heterocycles. The summed E-state index contributed by atoms with van der Waals surface area (Å²) in [4.78, 5) is 0. The highest BCUT2D eigenvalue weighted by atomic mass is 15.0. The molecule has 0 aromatic heterocycles. The summed E-state index contributed by atoms with van der Waals surface area (Å²) < 4.78 is 0. The molecule has 2 atom stereocenters. The molecule has 0 amide bonds. The van der Waals surface area contributed by atoms with Crippen LogP contribution in [-0.2, 0) is 0 Å². The fraction of sp³-hybridized carbons (Fsp3) is 1.00. The van der Waals surface area contributed by atoms with Gasteiger partial charge in [-0.05, 0) is 60.7 Å². The summed E-state index contributed by atoms with van der Waals surface area (Å²) in [5, 5.41) is 3.89. The van der Waals surface area contributed by atoms with Crippen LogP contribution < -0.4 is 5.32 Å². The molecule has 0 aromatic rings. The Morgan fingerprint density at radius 2 is 1.56 bits per heavy atom. The highest BCUT2D eigenvalue weighted by Crippen LogP contribution is 2.65. The SMILES string of the molecule is CC(C)NC1C2CC3CC1CC(C(C)(C)C)(C3)C2. The van der Waals surface area contributed by atoms with Crippen molar-refractivity contribution in [1.82, 2.24) is 5.32 Å². The standard InChI is InChI=1S/C17H31N/c1-11(2)18-15-13-6-12-7-14(15)10-17(8-12,9-13)16(3,4)5/h11-15,18H,6-10H2,1-5H3. The monoisotopic (exact) mass is 249 g/mol. The summed E-state index contributed by atoms with van der Waals surface area (Å²) in [5.41, 5.74) is 1.17. The maximum atomic E-state index is 3.89. The van der Waals surface area contributed by atoms with E-state index in [1.54, 1.807) is 0 Å². The second-order valence-corrected chi connectivity index (χ2v) is 8.85. The van der Waals surface area contributed by atoms with Gasteiger partial charge in [-0.3, -0.25) is 0 Å². The van der Waals surface area contributed by atoms with Gasteiger partial charge >= 0.3 is 0 Å². The minimum atomic E-state index is 0.505. The third-order valence-electron chi connectivity index (χ3n) is 6.39. The van der Waals surface area contributed by atoms with Crippen LogP contribution in [0.1, 0.15) is 66.7 Å². The Hall–Kier alpha value is -0.0400. The molecule has 4 aliphatic rings. The van der Waals surface area contributed by atoms with Gasteiger partial charge in [0, 0.05) is 12.1 Å². The van der Waals surface area contributed by atoms with Crippen molar-refractivity contribution in [2.24, 2.45) is 28.6 Å². The third kappa shape index (κ3) is 1.85. The van der Waals surface area contributed by atoms with E-state index in [-0.39, 0.29) is 0 Å². The largest absolute Gasteiger partial charge is 0.311 e. The first-order valence-corrected chi connectivity index (χ1v) is 8.07. The van der Waals surface area contributed by atoms with Crippen molar-refractivity contribution in [3.8, 4) is 0 Å². The van der Waals surface area contributed by atoms with Crippen molar-refractivity contribution in [3.05, 3.63) is 0 Å². The second-order valence-electron chi connectivity index (χ2n) is 8.85. The van der Waals surface area contributed by atoms with Gasteiger partial charge in [-0.25, -0.2) is 0 Å². The molecule has 0 aromatic carbocycles. The minimum Gasteiger partial charge on any atom is -0.311 e. The predicted molar refractivity (Wildman–Crippen MR) is 77.5 cm³/mol. The molecule has 18 heavy (non-hydrogen) atoms. The van der Waals surface area contributed by atoms with Crippen LogP contribution in [0.15, 0.2) is 0 Å². The van der Waals surface area contributed by atoms with Gasteiger partial charge in [-0.1, -0.05) is 34.6 Å². The number of nitrogens with one attached hydrogen (secondary N) is 1. The molecule has 0 aliphatic heterocycles. The van der Waals surface area contributed by atoms with Crippen molar-refractivity contribution >= 4 is 0 Å². The Bertz CT molecular complexity index is 309. The van der Waals surface area contributed by atoms with E-state index >= 15 is 0 Å². The molecular weight excluding hydrogens is 218 g/mol. The summed E-state index contributed by atoms with van der Waals surface area (Å²) >= 11 is 0. The van der Waals surface area contributed by atoms with Crippen LogP contribution in [-0.4, -0.2) is 12.1 Å². The van der Waals surface area contributed by atoms with Crippen LogP contribution in [0, 0.1) is 28.6 Å². The summed E-state index contributed by atoms with van der Waals surface area (Å²) in [6, 6.07) is 1.48. The van der Waals surface area contributed by atoms with Crippen LogP contribution in [0.3, 0.4) is 0 Å². The van der Waals surface area contributed by atoms with Gasteiger partial charge in [-0.2, -0.15) is 0 Å². The van der Waals surface area contributed by atoms with E-state index < -0.39 is 0 Å². The van der Waals surface area contributed by atoms with E-state index in [0.29, 0.717) is 16.9 Å². The average molecular weight is 249 g/mol. The van der Waals surface area contributed by atoms with Crippen LogP contribution in [0.5, 0.6) is 0 Å².